The van der Waals surface area contributed by atoms with Crippen LogP contribution in [0.1, 0.15) is 6.42 Å². The summed E-state index contributed by atoms with van der Waals surface area (Å²) in [7, 11) is 4.58. The van der Waals surface area contributed by atoms with Gasteiger partial charge in [-0.25, -0.2) is 0 Å². The standard InChI is InChI=1S/C10H16O5/c1-13-7-4-6(10(11)12)5-8(14-2)9(7)15-3/h4,6,8-9H,5H2,1-3H3,(H,11,12). The van der Waals surface area contributed by atoms with Gasteiger partial charge in [-0.15, -0.1) is 0 Å². The third kappa shape index (κ3) is 2.49. The molecule has 0 bridgehead atoms. The van der Waals surface area contributed by atoms with E-state index >= 15 is 0 Å². The minimum Gasteiger partial charge on any atom is -0.499 e. The smallest absolute Gasteiger partial charge is 0.310 e. The third-order valence-corrected chi connectivity index (χ3v) is 2.58. The van der Waals surface area contributed by atoms with E-state index in [9.17, 15) is 4.79 Å². The Labute approximate surface area is 88.6 Å². The zero-order valence-corrected chi connectivity index (χ0v) is 9.10. The summed E-state index contributed by atoms with van der Waals surface area (Å²) < 4.78 is 15.5. The fourth-order valence-corrected chi connectivity index (χ4v) is 1.76. The van der Waals surface area contributed by atoms with E-state index in [1.165, 1.54) is 14.2 Å². The van der Waals surface area contributed by atoms with Gasteiger partial charge in [-0.3, -0.25) is 4.79 Å². The molecule has 1 rings (SSSR count). The van der Waals surface area contributed by atoms with E-state index in [-0.39, 0.29) is 12.2 Å². The number of rotatable bonds is 4. The average Bonchev–Trinajstić information content (AvgIpc) is 2.26. The molecule has 1 N–H and O–H groups in total. The summed E-state index contributed by atoms with van der Waals surface area (Å²) in [6.45, 7) is 0. The maximum absolute atomic E-state index is 10.9. The Hall–Kier alpha value is -1.07. The van der Waals surface area contributed by atoms with E-state index in [1.807, 2.05) is 0 Å². The molecule has 0 radical (unpaired) electrons. The number of hydrogen-bond donors (Lipinski definition) is 1. The Bertz CT molecular complexity index is 261. The van der Waals surface area contributed by atoms with Crippen molar-refractivity contribution in [2.24, 2.45) is 5.92 Å². The van der Waals surface area contributed by atoms with E-state index in [0.29, 0.717) is 12.2 Å². The molecule has 1 aliphatic carbocycles. The minimum absolute atomic E-state index is 0.281. The quantitative estimate of drug-likeness (QED) is 0.747. The number of carboxylic acids is 1. The molecule has 0 aliphatic heterocycles. The molecule has 0 heterocycles. The van der Waals surface area contributed by atoms with Gasteiger partial charge in [0.15, 0.2) is 0 Å². The van der Waals surface area contributed by atoms with Crippen molar-refractivity contribution in [3.63, 3.8) is 0 Å². The van der Waals surface area contributed by atoms with Crippen LogP contribution in [-0.2, 0) is 19.0 Å². The van der Waals surface area contributed by atoms with E-state index in [0.717, 1.165) is 0 Å². The lowest BCUT2D eigenvalue weighted by Gasteiger charge is -2.31. The van der Waals surface area contributed by atoms with Gasteiger partial charge < -0.3 is 19.3 Å². The SMILES string of the molecule is COC1=CC(C(=O)O)CC(OC)C1OC. The first kappa shape index (κ1) is 12.0. The molecule has 86 valence electrons. The second kappa shape index (κ2) is 5.14. The molecule has 5 nitrogen and oxygen atoms in total. The zero-order valence-electron chi connectivity index (χ0n) is 9.10. The van der Waals surface area contributed by atoms with Crippen molar-refractivity contribution in [3.05, 3.63) is 11.8 Å². The van der Waals surface area contributed by atoms with Crippen molar-refractivity contribution < 1.29 is 24.1 Å². The normalized spacial score (nSPS) is 30.9. The Balaban J connectivity index is 2.91. The van der Waals surface area contributed by atoms with Gasteiger partial charge in [-0.2, -0.15) is 0 Å². The summed E-state index contributed by atoms with van der Waals surface area (Å²) in [5.74, 6) is -0.930. The van der Waals surface area contributed by atoms with Crippen LogP contribution in [0, 0.1) is 5.92 Å². The fraction of sp³-hybridized carbons (Fsp3) is 0.700. The summed E-state index contributed by atoms with van der Waals surface area (Å²) >= 11 is 0. The van der Waals surface area contributed by atoms with Crippen LogP contribution in [0.15, 0.2) is 11.8 Å². The van der Waals surface area contributed by atoms with Crippen LogP contribution in [0.4, 0.5) is 0 Å². The number of methoxy groups -OCH3 is 3. The van der Waals surface area contributed by atoms with Gasteiger partial charge in [0, 0.05) is 14.2 Å². The molecule has 0 saturated heterocycles. The van der Waals surface area contributed by atoms with E-state index in [4.69, 9.17) is 19.3 Å². The fourth-order valence-electron chi connectivity index (χ4n) is 1.76. The summed E-state index contributed by atoms with van der Waals surface area (Å²) in [5, 5.41) is 8.93. The first-order valence-electron chi connectivity index (χ1n) is 4.68. The predicted molar refractivity (Wildman–Crippen MR) is 52.4 cm³/mol. The van der Waals surface area contributed by atoms with Crippen molar-refractivity contribution in [2.45, 2.75) is 18.6 Å². The number of carbonyl (C=O) groups is 1. The van der Waals surface area contributed by atoms with Crippen LogP contribution in [0.3, 0.4) is 0 Å². The molecule has 0 amide bonds. The summed E-state index contributed by atoms with van der Waals surface area (Å²) in [4.78, 5) is 10.9. The van der Waals surface area contributed by atoms with Crippen molar-refractivity contribution in [1.29, 1.82) is 0 Å². The van der Waals surface area contributed by atoms with Gasteiger partial charge >= 0.3 is 5.97 Å². The lowest BCUT2D eigenvalue weighted by molar-refractivity contribution is -0.143. The summed E-state index contributed by atoms with van der Waals surface area (Å²) in [6.07, 6.45) is 1.37. The topological polar surface area (TPSA) is 65.0 Å². The maximum Gasteiger partial charge on any atom is 0.310 e. The highest BCUT2D eigenvalue weighted by atomic mass is 16.6. The van der Waals surface area contributed by atoms with Crippen LogP contribution >= 0.6 is 0 Å². The van der Waals surface area contributed by atoms with Crippen molar-refractivity contribution in [3.8, 4) is 0 Å². The number of aliphatic carboxylic acids is 1. The number of ether oxygens (including phenoxy) is 3. The highest BCUT2D eigenvalue weighted by molar-refractivity contribution is 5.72. The molecule has 1 aliphatic rings. The van der Waals surface area contributed by atoms with Crippen LogP contribution < -0.4 is 0 Å². The highest BCUT2D eigenvalue weighted by Gasteiger charge is 2.35. The molecule has 5 heteroatoms. The maximum atomic E-state index is 10.9. The van der Waals surface area contributed by atoms with Gasteiger partial charge in [-0.1, -0.05) is 0 Å². The van der Waals surface area contributed by atoms with Crippen molar-refractivity contribution in [2.75, 3.05) is 21.3 Å². The number of hydrogen-bond acceptors (Lipinski definition) is 4. The van der Waals surface area contributed by atoms with Crippen LogP contribution in [-0.4, -0.2) is 44.6 Å². The van der Waals surface area contributed by atoms with Crippen molar-refractivity contribution in [1.82, 2.24) is 0 Å². The Morgan fingerprint density at radius 2 is 2.07 bits per heavy atom. The van der Waals surface area contributed by atoms with Crippen molar-refractivity contribution >= 4 is 5.97 Å². The van der Waals surface area contributed by atoms with E-state index in [2.05, 4.69) is 0 Å². The molecule has 3 atom stereocenters. The highest BCUT2D eigenvalue weighted by Crippen LogP contribution is 2.28. The lowest BCUT2D eigenvalue weighted by atomic mass is 9.90. The minimum atomic E-state index is -0.874. The second-order valence-electron chi connectivity index (χ2n) is 3.38. The van der Waals surface area contributed by atoms with Gasteiger partial charge in [0.05, 0.1) is 19.1 Å². The lowest BCUT2D eigenvalue weighted by Crippen LogP contribution is -2.39. The Morgan fingerprint density at radius 1 is 1.40 bits per heavy atom. The Morgan fingerprint density at radius 3 is 2.47 bits per heavy atom. The molecule has 15 heavy (non-hydrogen) atoms. The molecular weight excluding hydrogens is 200 g/mol. The molecular formula is C10H16O5. The molecule has 0 aromatic heterocycles. The van der Waals surface area contributed by atoms with E-state index < -0.39 is 11.9 Å². The second-order valence-corrected chi connectivity index (χ2v) is 3.38. The third-order valence-electron chi connectivity index (χ3n) is 2.58. The monoisotopic (exact) mass is 216 g/mol. The summed E-state index contributed by atoms with van der Waals surface area (Å²) in [6, 6.07) is 0. The first-order chi connectivity index (χ1) is 7.13. The van der Waals surface area contributed by atoms with Gasteiger partial charge in [0.2, 0.25) is 0 Å². The average molecular weight is 216 g/mol. The molecule has 0 spiro atoms. The molecule has 0 aromatic rings. The van der Waals surface area contributed by atoms with Crippen LogP contribution in [0.25, 0.3) is 0 Å². The molecule has 0 saturated carbocycles. The largest absolute Gasteiger partial charge is 0.499 e. The molecule has 3 unspecified atom stereocenters. The van der Waals surface area contributed by atoms with Gasteiger partial charge in [-0.05, 0) is 12.5 Å². The number of carboxylic acid groups (broad SMARTS) is 1. The zero-order chi connectivity index (χ0) is 11.4. The predicted octanol–water partition coefficient (Wildman–Crippen LogP) is 0.651. The van der Waals surface area contributed by atoms with Gasteiger partial charge in [0.25, 0.3) is 0 Å². The van der Waals surface area contributed by atoms with Gasteiger partial charge in [0.1, 0.15) is 11.9 Å². The first-order valence-corrected chi connectivity index (χ1v) is 4.68. The summed E-state index contributed by atoms with van der Waals surface area (Å²) in [5.41, 5.74) is 0. The molecule has 0 aromatic carbocycles. The van der Waals surface area contributed by atoms with E-state index in [1.54, 1.807) is 13.2 Å². The van der Waals surface area contributed by atoms with Crippen LogP contribution in [0.5, 0.6) is 0 Å². The Kier molecular flexibility index (Phi) is 4.11. The van der Waals surface area contributed by atoms with Crippen LogP contribution in [0.2, 0.25) is 0 Å². The molecule has 0 fully saturated rings.